The van der Waals surface area contributed by atoms with Gasteiger partial charge in [0.2, 0.25) is 5.43 Å². The van der Waals surface area contributed by atoms with Crippen LogP contribution in [-0.2, 0) is 18.0 Å². The molecule has 2 aliphatic rings. The summed E-state index contributed by atoms with van der Waals surface area (Å²) >= 11 is 3.35. The molecular weight excluding hydrogens is 376 g/mol. The zero-order valence-electron chi connectivity index (χ0n) is 12.8. The molecule has 7 heteroatoms. The SMILES string of the molecule is O=C1NCC2COCc3c(Br)c(=O)c(OCc4ccccc4)c1n32. The van der Waals surface area contributed by atoms with Crippen molar-refractivity contribution in [2.75, 3.05) is 13.2 Å². The predicted octanol–water partition coefficient (Wildman–Crippen LogP) is 2.00. The van der Waals surface area contributed by atoms with Crippen LogP contribution < -0.4 is 15.5 Å². The molecule has 4 rings (SSSR count). The van der Waals surface area contributed by atoms with Gasteiger partial charge in [0, 0.05) is 6.54 Å². The van der Waals surface area contributed by atoms with Crippen LogP contribution in [0.25, 0.3) is 0 Å². The highest BCUT2D eigenvalue weighted by Crippen LogP contribution is 2.32. The molecule has 2 aromatic rings. The van der Waals surface area contributed by atoms with Crippen molar-refractivity contribution in [3.63, 3.8) is 0 Å². The number of halogens is 1. The molecule has 1 N–H and O–H groups in total. The number of hydrogen-bond donors (Lipinski definition) is 1. The summed E-state index contributed by atoms with van der Waals surface area (Å²) in [5.74, 6) is -0.208. The second-order valence-corrected chi connectivity index (χ2v) is 6.58. The molecule has 0 saturated heterocycles. The average molecular weight is 391 g/mol. The molecule has 0 aliphatic carbocycles. The smallest absolute Gasteiger partial charge is 0.272 e. The number of aromatic nitrogens is 1. The minimum absolute atomic E-state index is 0.0302. The number of carbonyl (C=O) groups excluding carboxylic acids is 1. The third kappa shape index (κ3) is 2.44. The van der Waals surface area contributed by atoms with E-state index in [4.69, 9.17) is 9.47 Å². The number of ether oxygens (including phenoxy) is 2. The quantitative estimate of drug-likeness (QED) is 0.869. The van der Waals surface area contributed by atoms with E-state index in [1.54, 1.807) is 0 Å². The lowest BCUT2D eigenvalue weighted by Crippen LogP contribution is -2.46. The number of carbonyl (C=O) groups is 1. The predicted molar refractivity (Wildman–Crippen MR) is 90.2 cm³/mol. The molecule has 1 aromatic heterocycles. The molecular formula is C17H15BrN2O4. The number of pyridine rings is 1. The molecule has 1 unspecified atom stereocenters. The summed E-state index contributed by atoms with van der Waals surface area (Å²) in [5, 5.41) is 2.81. The number of nitrogens with one attached hydrogen (secondary N) is 1. The van der Waals surface area contributed by atoms with Crippen LogP contribution in [0.3, 0.4) is 0 Å². The van der Waals surface area contributed by atoms with E-state index in [0.29, 0.717) is 29.9 Å². The van der Waals surface area contributed by atoms with Gasteiger partial charge < -0.3 is 19.4 Å². The molecule has 0 spiro atoms. The Bertz CT molecular complexity index is 863. The zero-order chi connectivity index (χ0) is 16.7. The fourth-order valence-electron chi connectivity index (χ4n) is 3.11. The Morgan fingerprint density at radius 2 is 2.08 bits per heavy atom. The van der Waals surface area contributed by atoms with Gasteiger partial charge >= 0.3 is 0 Å². The summed E-state index contributed by atoms with van der Waals surface area (Å²) in [7, 11) is 0. The zero-order valence-corrected chi connectivity index (χ0v) is 14.3. The lowest BCUT2D eigenvalue weighted by molar-refractivity contribution is 0.0456. The highest BCUT2D eigenvalue weighted by Gasteiger charge is 2.35. The molecule has 1 atom stereocenters. The Hall–Kier alpha value is -2.12. The molecule has 2 aliphatic heterocycles. The van der Waals surface area contributed by atoms with Crippen LogP contribution in [0.4, 0.5) is 0 Å². The topological polar surface area (TPSA) is 69.6 Å². The Labute approximate surface area is 146 Å². The van der Waals surface area contributed by atoms with Crippen LogP contribution in [0.1, 0.15) is 27.8 Å². The molecule has 3 heterocycles. The van der Waals surface area contributed by atoms with Crippen molar-refractivity contribution in [1.29, 1.82) is 0 Å². The Balaban J connectivity index is 1.82. The van der Waals surface area contributed by atoms with Crippen molar-refractivity contribution < 1.29 is 14.3 Å². The summed E-state index contributed by atoms with van der Waals surface area (Å²) in [6.07, 6.45) is 0. The van der Waals surface area contributed by atoms with Gasteiger partial charge in [0.05, 0.1) is 29.4 Å². The minimum atomic E-state index is -0.325. The molecule has 0 radical (unpaired) electrons. The highest BCUT2D eigenvalue weighted by molar-refractivity contribution is 9.10. The molecule has 1 amide bonds. The molecule has 24 heavy (non-hydrogen) atoms. The normalized spacial score (nSPS) is 18.7. The van der Waals surface area contributed by atoms with E-state index in [0.717, 1.165) is 5.56 Å². The molecule has 1 aromatic carbocycles. The maximum atomic E-state index is 12.7. The van der Waals surface area contributed by atoms with E-state index in [1.807, 2.05) is 34.9 Å². The first-order chi connectivity index (χ1) is 11.7. The third-order valence-corrected chi connectivity index (χ3v) is 5.08. The number of rotatable bonds is 3. The van der Waals surface area contributed by atoms with Crippen molar-refractivity contribution in [2.24, 2.45) is 0 Å². The maximum absolute atomic E-state index is 12.7. The van der Waals surface area contributed by atoms with Crippen LogP contribution >= 0.6 is 15.9 Å². The van der Waals surface area contributed by atoms with Gasteiger partial charge in [-0.05, 0) is 21.5 Å². The Kier molecular flexibility index (Phi) is 3.90. The summed E-state index contributed by atoms with van der Waals surface area (Å²) in [6, 6.07) is 9.50. The van der Waals surface area contributed by atoms with Crippen LogP contribution in [0.15, 0.2) is 39.6 Å². The molecule has 0 fully saturated rings. The first-order valence-electron chi connectivity index (χ1n) is 7.66. The van der Waals surface area contributed by atoms with E-state index in [1.165, 1.54) is 0 Å². The largest absolute Gasteiger partial charge is 0.483 e. The number of hydrogen-bond acceptors (Lipinski definition) is 4. The number of amides is 1. The van der Waals surface area contributed by atoms with E-state index < -0.39 is 0 Å². The number of nitrogens with zero attached hydrogens (tertiary/aromatic N) is 1. The van der Waals surface area contributed by atoms with Gasteiger partial charge in [-0.1, -0.05) is 30.3 Å². The average Bonchev–Trinajstić information content (AvgIpc) is 2.62. The number of benzene rings is 1. The molecule has 0 bridgehead atoms. The fraction of sp³-hybridized carbons (Fsp3) is 0.294. The lowest BCUT2D eigenvalue weighted by Gasteiger charge is -2.35. The maximum Gasteiger partial charge on any atom is 0.272 e. The van der Waals surface area contributed by atoms with E-state index in [2.05, 4.69) is 21.2 Å². The van der Waals surface area contributed by atoms with E-state index >= 15 is 0 Å². The fourth-order valence-corrected chi connectivity index (χ4v) is 3.60. The van der Waals surface area contributed by atoms with E-state index in [9.17, 15) is 9.59 Å². The Morgan fingerprint density at radius 1 is 1.29 bits per heavy atom. The first kappa shape index (κ1) is 15.4. The van der Waals surface area contributed by atoms with E-state index in [-0.39, 0.29) is 35.4 Å². The second-order valence-electron chi connectivity index (χ2n) is 5.79. The van der Waals surface area contributed by atoms with Gasteiger partial charge in [0.15, 0.2) is 11.4 Å². The van der Waals surface area contributed by atoms with Crippen molar-refractivity contribution in [1.82, 2.24) is 9.88 Å². The van der Waals surface area contributed by atoms with Crippen molar-refractivity contribution in [3.05, 3.63) is 62.0 Å². The summed E-state index contributed by atoms with van der Waals surface area (Å²) < 4.78 is 13.6. The van der Waals surface area contributed by atoms with Crippen molar-refractivity contribution >= 4 is 21.8 Å². The van der Waals surface area contributed by atoms with Crippen LogP contribution in [-0.4, -0.2) is 23.6 Å². The van der Waals surface area contributed by atoms with Gasteiger partial charge in [-0.25, -0.2) is 0 Å². The lowest BCUT2D eigenvalue weighted by atomic mass is 10.1. The molecule has 6 nitrogen and oxygen atoms in total. The minimum Gasteiger partial charge on any atom is -0.483 e. The van der Waals surface area contributed by atoms with Gasteiger partial charge in [-0.15, -0.1) is 0 Å². The Morgan fingerprint density at radius 3 is 2.88 bits per heavy atom. The highest BCUT2D eigenvalue weighted by atomic mass is 79.9. The van der Waals surface area contributed by atoms with Crippen LogP contribution in [0.2, 0.25) is 0 Å². The van der Waals surface area contributed by atoms with Crippen molar-refractivity contribution in [3.8, 4) is 5.75 Å². The summed E-state index contributed by atoms with van der Waals surface area (Å²) in [4.78, 5) is 25.1. The first-order valence-corrected chi connectivity index (χ1v) is 8.45. The van der Waals surface area contributed by atoms with Gasteiger partial charge in [-0.2, -0.15) is 0 Å². The monoisotopic (exact) mass is 390 g/mol. The van der Waals surface area contributed by atoms with Crippen LogP contribution in [0, 0.1) is 0 Å². The second kappa shape index (κ2) is 6.07. The molecule has 124 valence electrons. The van der Waals surface area contributed by atoms with Crippen LogP contribution in [0.5, 0.6) is 5.75 Å². The van der Waals surface area contributed by atoms with Crippen molar-refractivity contribution in [2.45, 2.75) is 19.3 Å². The molecule has 0 saturated carbocycles. The van der Waals surface area contributed by atoms with Gasteiger partial charge in [-0.3, -0.25) is 9.59 Å². The van der Waals surface area contributed by atoms with Gasteiger partial charge in [0.1, 0.15) is 6.61 Å². The standard InChI is InChI=1S/C17H15BrN2O4/c18-13-12-9-23-8-11-6-19-17(22)14(20(11)12)16(15(13)21)24-7-10-4-2-1-3-5-10/h1-5,11H,6-9H2,(H,19,22). The third-order valence-electron chi connectivity index (χ3n) is 4.26. The summed E-state index contributed by atoms with van der Waals surface area (Å²) in [5.41, 5.74) is 1.58. The summed E-state index contributed by atoms with van der Waals surface area (Å²) in [6.45, 7) is 1.49. The van der Waals surface area contributed by atoms with Gasteiger partial charge in [0.25, 0.3) is 5.91 Å².